The molecule has 0 bridgehead atoms. The molecule has 19 heavy (non-hydrogen) atoms. The highest BCUT2D eigenvalue weighted by Gasteiger charge is 2.23. The lowest BCUT2D eigenvalue weighted by atomic mass is 10.0. The normalized spacial score (nSPS) is 11.8. The zero-order valence-electron chi connectivity index (χ0n) is 9.88. The molecule has 0 heterocycles. The van der Waals surface area contributed by atoms with Gasteiger partial charge in [0.05, 0.1) is 12.0 Å². The Hall–Kier alpha value is -1.67. The van der Waals surface area contributed by atoms with Gasteiger partial charge in [-0.05, 0) is 11.6 Å². The van der Waals surface area contributed by atoms with Crippen LogP contribution in [0.4, 0.5) is 14.5 Å². The Morgan fingerprint density at radius 2 is 2.11 bits per heavy atom. The highest BCUT2D eigenvalue weighted by Crippen LogP contribution is 2.38. The largest absolute Gasteiger partial charge is 0.500 e. The number of methoxy groups -OCH3 is 1. The summed E-state index contributed by atoms with van der Waals surface area (Å²) in [6.45, 7) is 0. The summed E-state index contributed by atoms with van der Waals surface area (Å²) in [7, 11) is 1.20. The molecule has 0 radical (unpaired) electrons. The van der Waals surface area contributed by atoms with Gasteiger partial charge in [-0.1, -0.05) is 0 Å². The van der Waals surface area contributed by atoms with E-state index >= 15 is 0 Å². The molecule has 3 N–H and O–H groups in total. The van der Waals surface area contributed by atoms with Gasteiger partial charge in [0.1, 0.15) is 0 Å². The number of ether oxygens (including phenoxy) is 1. The molecule has 0 fully saturated rings. The van der Waals surface area contributed by atoms with Gasteiger partial charge in [-0.25, -0.2) is 8.78 Å². The fourth-order valence-corrected chi connectivity index (χ4v) is 1.45. The Balaban J connectivity index is 0.00000324. The van der Waals surface area contributed by atoms with Crippen LogP contribution in [0.1, 0.15) is 18.0 Å². The van der Waals surface area contributed by atoms with E-state index in [1.807, 2.05) is 0 Å². The second-order valence-corrected chi connectivity index (χ2v) is 3.58. The van der Waals surface area contributed by atoms with Crippen molar-refractivity contribution in [1.82, 2.24) is 0 Å². The third-order valence-corrected chi connectivity index (χ3v) is 2.35. The molecule has 0 aliphatic rings. The lowest BCUT2D eigenvalue weighted by Gasteiger charge is -2.13. The number of nitrogens with zero attached hydrogens (tertiary/aromatic N) is 1. The molecule has 9 heteroatoms. The van der Waals surface area contributed by atoms with Crippen molar-refractivity contribution in [2.75, 3.05) is 7.11 Å². The molecule has 108 valence electrons. The molecule has 0 unspecified atom stereocenters. The molecule has 1 aromatic carbocycles. The third-order valence-electron chi connectivity index (χ3n) is 2.35. The summed E-state index contributed by atoms with van der Waals surface area (Å²) in [5, 5.41) is 20.2. The SMILES string of the molecule is COc1cc([C@H](N)CC(F)F)cc([N+](=O)[O-])c1O.Cl. The molecule has 0 saturated carbocycles. The Morgan fingerprint density at radius 1 is 1.53 bits per heavy atom. The number of benzene rings is 1. The second-order valence-electron chi connectivity index (χ2n) is 3.58. The average molecular weight is 299 g/mol. The molecule has 0 spiro atoms. The van der Waals surface area contributed by atoms with E-state index in [2.05, 4.69) is 0 Å². The van der Waals surface area contributed by atoms with Gasteiger partial charge in [0.2, 0.25) is 12.2 Å². The van der Waals surface area contributed by atoms with Crippen LogP contribution in [0.5, 0.6) is 11.5 Å². The van der Waals surface area contributed by atoms with E-state index in [0.717, 1.165) is 6.07 Å². The minimum Gasteiger partial charge on any atom is -0.500 e. The maximum atomic E-state index is 12.2. The van der Waals surface area contributed by atoms with Crippen LogP contribution in [-0.2, 0) is 0 Å². The van der Waals surface area contributed by atoms with Crippen LogP contribution in [0.3, 0.4) is 0 Å². The Bertz CT molecular complexity index is 459. The molecule has 0 aromatic heterocycles. The van der Waals surface area contributed by atoms with Crippen molar-refractivity contribution in [3.63, 3.8) is 0 Å². The summed E-state index contributed by atoms with van der Waals surface area (Å²) in [5.41, 5.74) is 4.98. The molecule has 1 aromatic rings. The number of hydrogen-bond donors (Lipinski definition) is 2. The zero-order chi connectivity index (χ0) is 13.9. The number of alkyl halides is 2. The smallest absolute Gasteiger partial charge is 0.314 e. The quantitative estimate of drug-likeness (QED) is 0.642. The number of phenolic OH excluding ortho intramolecular Hbond substituents is 1. The molecule has 0 amide bonds. The number of halogens is 3. The van der Waals surface area contributed by atoms with Gasteiger partial charge < -0.3 is 15.6 Å². The van der Waals surface area contributed by atoms with Gasteiger partial charge in [0.15, 0.2) is 5.75 Å². The molecule has 0 aliphatic heterocycles. The Labute approximate surface area is 113 Å². The first-order chi connectivity index (χ1) is 8.36. The zero-order valence-corrected chi connectivity index (χ0v) is 10.7. The molecule has 1 atom stereocenters. The standard InChI is InChI=1S/C10H12F2N2O4.ClH/c1-18-8-3-5(6(13)4-9(11)12)2-7(10(8)15)14(16)17;/h2-3,6,9,15H,4,13H2,1H3;1H/t6-;/m1./s1. The van der Waals surface area contributed by atoms with E-state index < -0.39 is 35.2 Å². The third kappa shape index (κ3) is 4.18. The van der Waals surface area contributed by atoms with Crippen LogP contribution in [-0.4, -0.2) is 23.6 Å². The van der Waals surface area contributed by atoms with Crippen molar-refractivity contribution in [1.29, 1.82) is 0 Å². The molecule has 0 aliphatic carbocycles. The maximum Gasteiger partial charge on any atom is 0.314 e. The van der Waals surface area contributed by atoms with Crippen molar-refractivity contribution in [3.8, 4) is 11.5 Å². The summed E-state index contributed by atoms with van der Waals surface area (Å²) in [6.07, 6.45) is -3.26. The summed E-state index contributed by atoms with van der Waals surface area (Å²) < 4.78 is 29.1. The van der Waals surface area contributed by atoms with Gasteiger partial charge in [-0.15, -0.1) is 12.4 Å². The number of nitro benzene ring substituents is 1. The number of hydrogen-bond acceptors (Lipinski definition) is 5. The van der Waals surface area contributed by atoms with Gasteiger partial charge >= 0.3 is 5.69 Å². The van der Waals surface area contributed by atoms with Crippen molar-refractivity contribution >= 4 is 18.1 Å². The van der Waals surface area contributed by atoms with E-state index in [-0.39, 0.29) is 23.7 Å². The van der Waals surface area contributed by atoms with Crippen molar-refractivity contribution in [2.45, 2.75) is 18.9 Å². The van der Waals surface area contributed by atoms with Gasteiger partial charge in [-0.2, -0.15) is 0 Å². The predicted molar refractivity (Wildman–Crippen MR) is 66.1 cm³/mol. The highest BCUT2D eigenvalue weighted by molar-refractivity contribution is 5.85. The number of nitro groups is 1. The average Bonchev–Trinajstić information content (AvgIpc) is 2.27. The van der Waals surface area contributed by atoms with Crippen molar-refractivity contribution in [2.24, 2.45) is 5.73 Å². The number of phenols is 1. The fourth-order valence-electron chi connectivity index (χ4n) is 1.45. The fraction of sp³-hybridized carbons (Fsp3) is 0.400. The highest BCUT2D eigenvalue weighted by atomic mass is 35.5. The van der Waals surface area contributed by atoms with Gasteiger partial charge in [0.25, 0.3) is 0 Å². The lowest BCUT2D eigenvalue weighted by Crippen LogP contribution is -2.14. The number of rotatable bonds is 5. The molecular weight excluding hydrogens is 286 g/mol. The van der Waals surface area contributed by atoms with E-state index in [0.29, 0.717) is 0 Å². The van der Waals surface area contributed by atoms with Gasteiger partial charge in [-0.3, -0.25) is 10.1 Å². The van der Waals surface area contributed by atoms with Crippen molar-refractivity contribution in [3.05, 3.63) is 27.8 Å². The van der Waals surface area contributed by atoms with Crippen LogP contribution in [0.2, 0.25) is 0 Å². The van der Waals surface area contributed by atoms with Crippen LogP contribution < -0.4 is 10.5 Å². The Kier molecular flexibility index (Phi) is 6.43. The summed E-state index contributed by atoms with van der Waals surface area (Å²) >= 11 is 0. The van der Waals surface area contributed by atoms with Crippen molar-refractivity contribution < 1.29 is 23.5 Å². The summed E-state index contributed by atoms with van der Waals surface area (Å²) in [4.78, 5) is 9.85. The van der Waals surface area contributed by atoms with Crippen LogP contribution >= 0.6 is 12.4 Å². The molecule has 6 nitrogen and oxygen atoms in total. The maximum absolute atomic E-state index is 12.2. The van der Waals surface area contributed by atoms with Gasteiger partial charge in [0, 0.05) is 18.5 Å². The predicted octanol–water partition coefficient (Wildman–Crippen LogP) is 2.39. The first-order valence-corrected chi connectivity index (χ1v) is 4.95. The minimum atomic E-state index is -2.63. The van der Waals surface area contributed by atoms with E-state index in [4.69, 9.17) is 10.5 Å². The molecular formula is C10H13ClF2N2O4. The second kappa shape index (κ2) is 7.05. The van der Waals surface area contributed by atoms with Crippen LogP contribution in [0.25, 0.3) is 0 Å². The number of aromatic hydroxyl groups is 1. The Morgan fingerprint density at radius 3 is 2.53 bits per heavy atom. The minimum absolute atomic E-state index is 0. The molecule has 1 rings (SSSR count). The number of nitrogens with two attached hydrogens (primary N) is 1. The van der Waals surface area contributed by atoms with Crippen LogP contribution in [0.15, 0.2) is 12.1 Å². The summed E-state index contributed by atoms with van der Waals surface area (Å²) in [5.74, 6) is -0.834. The molecule has 0 saturated heterocycles. The van der Waals surface area contributed by atoms with E-state index in [9.17, 15) is 24.0 Å². The van der Waals surface area contributed by atoms with E-state index in [1.54, 1.807) is 0 Å². The topological polar surface area (TPSA) is 98.6 Å². The lowest BCUT2D eigenvalue weighted by molar-refractivity contribution is -0.386. The summed E-state index contributed by atoms with van der Waals surface area (Å²) in [6, 6.07) is 1.10. The van der Waals surface area contributed by atoms with E-state index in [1.165, 1.54) is 13.2 Å². The first kappa shape index (κ1) is 17.3. The monoisotopic (exact) mass is 298 g/mol. The van der Waals surface area contributed by atoms with Crippen LogP contribution in [0, 0.1) is 10.1 Å². The first-order valence-electron chi connectivity index (χ1n) is 4.95.